The molecule has 0 aromatic heterocycles. The Morgan fingerprint density at radius 1 is 1.25 bits per heavy atom. The molecule has 0 aliphatic carbocycles. The van der Waals surface area contributed by atoms with Crippen LogP contribution in [0.2, 0.25) is 0 Å². The van der Waals surface area contributed by atoms with E-state index >= 15 is 0 Å². The molecule has 0 heterocycles. The maximum absolute atomic E-state index is 3.06. The van der Waals surface area contributed by atoms with E-state index in [0.29, 0.717) is 0 Å². The number of benzene rings is 1. The molecule has 0 aliphatic rings. The standard InChI is InChI=1S/C13H20N.BrH.Zn/c1-3-5-11-14(4-2)12-13-9-7-6-8-10-13;;/h7-10H,3-5,11-12H2,1-2H3;1H;/q-1;;+2/p-1. The second-order valence-corrected chi connectivity index (χ2v) is 3.63. The van der Waals surface area contributed by atoms with E-state index in [2.05, 4.69) is 50.6 Å². The minimum atomic E-state index is 1.07. The Balaban J connectivity index is 0.00000106. The predicted octanol–water partition coefficient (Wildman–Crippen LogP) is 3.95. The van der Waals surface area contributed by atoms with Gasteiger partial charge in [-0.05, 0) is 19.5 Å². The fourth-order valence-electron chi connectivity index (χ4n) is 1.52. The van der Waals surface area contributed by atoms with Crippen molar-refractivity contribution in [2.75, 3.05) is 13.1 Å². The first-order valence-corrected chi connectivity index (χ1v) is 12.8. The fraction of sp³-hybridized carbons (Fsp3) is 0.538. The Morgan fingerprint density at radius 2 is 1.88 bits per heavy atom. The normalized spacial score (nSPS) is 9.88. The van der Waals surface area contributed by atoms with Crippen molar-refractivity contribution in [2.24, 2.45) is 0 Å². The number of hydrogen-bond acceptors (Lipinski definition) is 1. The van der Waals surface area contributed by atoms with E-state index in [1.165, 1.54) is 41.3 Å². The van der Waals surface area contributed by atoms with Crippen molar-refractivity contribution in [1.82, 2.24) is 4.90 Å². The molecule has 16 heavy (non-hydrogen) atoms. The van der Waals surface area contributed by atoms with Crippen molar-refractivity contribution in [3.8, 4) is 0 Å². The number of unbranched alkanes of at least 4 members (excludes halogenated alkanes) is 1. The average molecular weight is 336 g/mol. The number of rotatable bonds is 6. The third-order valence-corrected chi connectivity index (χ3v) is 2.47. The van der Waals surface area contributed by atoms with Crippen LogP contribution >= 0.6 is 13.6 Å². The summed E-state index contributed by atoms with van der Waals surface area (Å²) in [6.07, 6.45) is 2.58. The van der Waals surface area contributed by atoms with Crippen molar-refractivity contribution in [2.45, 2.75) is 33.2 Å². The van der Waals surface area contributed by atoms with Crippen molar-refractivity contribution < 1.29 is 16.3 Å². The molecule has 0 atom stereocenters. The van der Waals surface area contributed by atoms with E-state index in [0.717, 1.165) is 13.1 Å². The summed E-state index contributed by atoms with van der Waals surface area (Å²) in [4.78, 5) is 2.48. The van der Waals surface area contributed by atoms with Gasteiger partial charge < -0.3 is 4.90 Å². The Kier molecular flexibility index (Phi) is 12.0. The van der Waals surface area contributed by atoms with Crippen LogP contribution in [0.5, 0.6) is 0 Å². The Labute approximate surface area is 117 Å². The second-order valence-electron chi connectivity index (χ2n) is 3.63. The monoisotopic (exact) mass is 333 g/mol. The van der Waals surface area contributed by atoms with E-state index in [4.69, 9.17) is 0 Å². The molecule has 0 radical (unpaired) electrons. The van der Waals surface area contributed by atoms with Gasteiger partial charge in [0.05, 0.1) is 0 Å². The van der Waals surface area contributed by atoms with Crippen molar-refractivity contribution in [3.05, 3.63) is 35.9 Å². The molecule has 0 saturated carbocycles. The van der Waals surface area contributed by atoms with Crippen molar-refractivity contribution >= 4 is 13.6 Å². The first-order valence-electron chi connectivity index (χ1n) is 5.81. The van der Waals surface area contributed by atoms with Gasteiger partial charge in [0.25, 0.3) is 0 Å². The van der Waals surface area contributed by atoms with Crippen molar-refractivity contribution in [1.29, 1.82) is 0 Å². The van der Waals surface area contributed by atoms with Crippen LogP contribution in [0.4, 0.5) is 0 Å². The van der Waals surface area contributed by atoms with Gasteiger partial charge in [-0.15, -0.1) is 5.56 Å². The summed E-state index contributed by atoms with van der Waals surface area (Å²) < 4.78 is 0. The fourth-order valence-corrected chi connectivity index (χ4v) is 1.52. The molecule has 0 bridgehead atoms. The van der Waals surface area contributed by atoms with Gasteiger partial charge in [-0.25, -0.2) is 0 Å². The van der Waals surface area contributed by atoms with E-state index in [1.54, 1.807) is 0 Å². The molecule has 1 nitrogen and oxygen atoms in total. The van der Waals surface area contributed by atoms with Gasteiger partial charge >= 0.3 is 30.0 Å². The summed E-state index contributed by atoms with van der Waals surface area (Å²) in [5, 5.41) is 0. The van der Waals surface area contributed by atoms with Gasteiger partial charge in [0.15, 0.2) is 0 Å². The molecular weight excluding hydrogens is 315 g/mol. The van der Waals surface area contributed by atoms with Crippen LogP contribution in [0.25, 0.3) is 0 Å². The molecule has 1 rings (SSSR count). The molecular formula is C13H20BrNZn. The van der Waals surface area contributed by atoms with Crippen LogP contribution in [0.15, 0.2) is 24.3 Å². The summed E-state index contributed by atoms with van der Waals surface area (Å²) in [6, 6.07) is 11.3. The zero-order chi connectivity index (χ0) is 12.2. The minimum absolute atomic E-state index is 1.07. The molecule has 0 amide bonds. The second kappa shape index (κ2) is 11.8. The van der Waals surface area contributed by atoms with Gasteiger partial charge in [-0.2, -0.15) is 30.3 Å². The molecule has 86 valence electrons. The maximum atomic E-state index is 3.06. The molecule has 0 unspecified atom stereocenters. The van der Waals surface area contributed by atoms with Gasteiger partial charge in [-0.3, -0.25) is 0 Å². The van der Waals surface area contributed by atoms with Crippen LogP contribution in [0.1, 0.15) is 32.3 Å². The van der Waals surface area contributed by atoms with E-state index in [-0.39, 0.29) is 0 Å². The third-order valence-electron chi connectivity index (χ3n) is 2.47. The summed E-state index contributed by atoms with van der Waals surface area (Å²) >= 11 is 4.25. The summed E-state index contributed by atoms with van der Waals surface area (Å²) in [5.74, 6) is 0. The zero-order valence-corrected chi connectivity index (χ0v) is 14.9. The quantitative estimate of drug-likeness (QED) is 0.562. The van der Waals surface area contributed by atoms with Gasteiger partial charge in [0.1, 0.15) is 0 Å². The molecule has 3 heteroatoms. The molecule has 1 aromatic carbocycles. The Hall–Kier alpha value is 0.283. The topological polar surface area (TPSA) is 3.24 Å². The van der Waals surface area contributed by atoms with Gasteiger partial charge in [0.2, 0.25) is 0 Å². The van der Waals surface area contributed by atoms with Crippen LogP contribution in [-0.2, 0) is 22.9 Å². The van der Waals surface area contributed by atoms with Gasteiger partial charge in [-0.1, -0.05) is 20.3 Å². The number of nitrogens with zero attached hydrogens (tertiary/aromatic N) is 1. The van der Waals surface area contributed by atoms with Crippen molar-refractivity contribution in [3.63, 3.8) is 0 Å². The molecule has 0 N–H and O–H groups in total. The first-order chi connectivity index (χ1) is 7.86. The molecule has 0 spiro atoms. The molecule has 0 saturated heterocycles. The van der Waals surface area contributed by atoms with Crippen LogP contribution in [-0.4, -0.2) is 18.0 Å². The summed E-state index contributed by atoms with van der Waals surface area (Å²) in [5.41, 5.74) is 1.39. The third kappa shape index (κ3) is 7.54. The van der Waals surface area contributed by atoms with E-state index in [9.17, 15) is 0 Å². The molecule has 1 aromatic rings. The Morgan fingerprint density at radius 3 is 2.38 bits per heavy atom. The molecule has 0 fully saturated rings. The first kappa shape index (κ1) is 16.3. The SMILES string of the molecule is CCCCN(CC)Cc1cc[c-]cc1.[Zn+][Br]. The van der Waals surface area contributed by atoms with Crippen LogP contribution < -0.4 is 0 Å². The number of halogens is 1. The molecule has 0 aliphatic heterocycles. The Bertz CT molecular complexity index is 241. The van der Waals surface area contributed by atoms with Crippen LogP contribution in [0, 0.1) is 6.07 Å². The van der Waals surface area contributed by atoms with E-state index < -0.39 is 0 Å². The average Bonchev–Trinajstić information content (AvgIpc) is 2.38. The zero-order valence-electron chi connectivity index (χ0n) is 10.4. The van der Waals surface area contributed by atoms with E-state index in [1.807, 2.05) is 12.1 Å². The summed E-state index contributed by atoms with van der Waals surface area (Å²) in [7, 11) is 0. The number of hydrogen-bond donors (Lipinski definition) is 0. The van der Waals surface area contributed by atoms with Crippen LogP contribution in [0.3, 0.4) is 0 Å². The predicted molar refractivity (Wildman–Crippen MR) is 70.1 cm³/mol. The summed E-state index contributed by atoms with van der Waals surface area (Å²) in [6.45, 7) is 7.89. The van der Waals surface area contributed by atoms with Gasteiger partial charge in [0, 0.05) is 6.54 Å².